The Morgan fingerprint density at radius 1 is 1.13 bits per heavy atom. The van der Waals surface area contributed by atoms with E-state index in [2.05, 4.69) is 20.8 Å². The minimum atomic E-state index is -0.346. The van der Waals surface area contributed by atoms with E-state index in [0.717, 1.165) is 5.56 Å². The predicted molar refractivity (Wildman–Crippen MR) is 119 cm³/mol. The molecule has 3 rings (SSSR count). The highest BCUT2D eigenvalue weighted by Crippen LogP contribution is 2.23. The van der Waals surface area contributed by atoms with Crippen LogP contribution in [0.1, 0.15) is 34.7 Å². The van der Waals surface area contributed by atoms with Gasteiger partial charge in [-0.2, -0.15) is 0 Å². The van der Waals surface area contributed by atoms with Crippen molar-refractivity contribution in [3.8, 4) is 0 Å². The van der Waals surface area contributed by atoms with Gasteiger partial charge >= 0.3 is 0 Å². The number of halogens is 1. The topological polar surface area (TPSA) is 88.9 Å². The number of aryl methyl sites for hydroxylation is 1. The Morgan fingerprint density at radius 3 is 2.57 bits per heavy atom. The second kappa shape index (κ2) is 9.77. The quantitative estimate of drug-likeness (QED) is 0.539. The predicted octanol–water partition coefficient (Wildman–Crippen LogP) is 4.00. The lowest BCUT2D eigenvalue weighted by Crippen LogP contribution is -2.29. The van der Waals surface area contributed by atoms with Gasteiger partial charge < -0.3 is 15.2 Å². The third-order valence-corrected chi connectivity index (χ3v) is 5.82. The number of benzene rings is 2. The number of nitrogens with one attached hydrogen (secondary N) is 2. The number of nitrogens with zero attached hydrogens (tertiary/aromatic N) is 3. The number of carbonyl (C=O) groups is 2. The summed E-state index contributed by atoms with van der Waals surface area (Å²) in [7, 11) is 1.81. The Kier molecular flexibility index (Phi) is 7.12. The van der Waals surface area contributed by atoms with Gasteiger partial charge in [0, 0.05) is 12.6 Å². The van der Waals surface area contributed by atoms with E-state index < -0.39 is 0 Å². The molecule has 1 heterocycles. The van der Waals surface area contributed by atoms with Gasteiger partial charge in [0.2, 0.25) is 5.91 Å². The molecule has 0 bridgehead atoms. The fourth-order valence-electron chi connectivity index (χ4n) is 2.87. The molecule has 0 aliphatic carbocycles. The van der Waals surface area contributed by atoms with Crippen molar-refractivity contribution in [3.05, 3.63) is 70.5 Å². The molecule has 9 heteroatoms. The molecule has 30 heavy (non-hydrogen) atoms. The third-order valence-electron chi connectivity index (χ3n) is 4.47. The van der Waals surface area contributed by atoms with Crippen molar-refractivity contribution >= 4 is 40.9 Å². The van der Waals surface area contributed by atoms with Gasteiger partial charge in [0.15, 0.2) is 11.0 Å². The van der Waals surface area contributed by atoms with Crippen LogP contribution in [0.15, 0.2) is 53.7 Å². The number of aromatic nitrogens is 3. The Hall–Kier alpha value is -2.84. The number of thioether (sulfide) groups is 1. The molecule has 2 aromatic carbocycles. The van der Waals surface area contributed by atoms with Gasteiger partial charge in [-0.3, -0.25) is 9.59 Å². The Labute approximate surface area is 184 Å². The van der Waals surface area contributed by atoms with E-state index in [9.17, 15) is 9.59 Å². The molecule has 0 fully saturated rings. The number of rotatable bonds is 7. The van der Waals surface area contributed by atoms with Crippen LogP contribution in [-0.4, -0.2) is 32.3 Å². The minimum absolute atomic E-state index is 0.154. The summed E-state index contributed by atoms with van der Waals surface area (Å²) in [6.45, 7) is 3.74. The second-order valence-electron chi connectivity index (χ2n) is 6.73. The molecule has 0 unspecified atom stereocenters. The van der Waals surface area contributed by atoms with Crippen LogP contribution in [-0.2, 0) is 11.8 Å². The summed E-state index contributed by atoms with van der Waals surface area (Å²) in [5.74, 6) is 0.391. The smallest absolute Gasteiger partial charge is 0.252 e. The highest BCUT2D eigenvalue weighted by Gasteiger charge is 2.19. The van der Waals surface area contributed by atoms with E-state index in [1.165, 1.54) is 11.8 Å². The summed E-state index contributed by atoms with van der Waals surface area (Å²) in [6, 6.07) is 14.1. The maximum absolute atomic E-state index is 12.5. The van der Waals surface area contributed by atoms with E-state index in [-0.39, 0.29) is 23.6 Å². The molecule has 7 nitrogen and oxygen atoms in total. The molecule has 0 radical (unpaired) electrons. The molecular formula is C21H22ClN5O2S. The van der Waals surface area contributed by atoms with Crippen molar-refractivity contribution in [1.82, 2.24) is 20.1 Å². The van der Waals surface area contributed by atoms with E-state index in [1.807, 2.05) is 32.0 Å². The monoisotopic (exact) mass is 443 g/mol. The molecule has 0 saturated carbocycles. The van der Waals surface area contributed by atoms with Crippen LogP contribution >= 0.6 is 23.4 Å². The first kappa shape index (κ1) is 21.9. The lowest BCUT2D eigenvalue weighted by molar-refractivity contribution is -0.113. The van der Waals surface area contributed by atoms with Gasteiger partial charge in [0.05, 0.1) is 22.5 Å². The maximum atomic E-state index is 12.5. The summed E-state index contributed by atoms with van der Waals surface area (Å²) in [5, 5.41) is 15.1. The SMILES string of the molecule is Cc1ccccc1C(=O)N[C@@H](C)c1nnc(SCC(=O)Nc2ccccc2Cl)n1C. The number of hydrogen-bond acceptors (Lipinski definition) is 5. The average molecular weight is 444 g/mol. The first-order chi connectivity index (χ1) is 14.4. The number of anilines is 1. The van der Waals surface area contributed by atoms with E-state index in [4.69, 9.17) is 11.6 Å². The second-order valence-corrected chi connectivity index (χ2v) is 8.08. The van der Waals surface area contributed by atoms with Crippen LogP contribution in [0.25, 0.3) is 0 Å². The van der Waals surface area contributed by atoms with Gasteiger partial charge in [-0.25, -0.2) is 0 Å². The number of hydrogen-bond donors (Lipinski definition) is 2. The van der Waals surface area contributed by atoms with Crippen molar-refractivity contribution in [3.63, 3.8) is 0 Å². The molecule has 0 aliphatic heterocycles. The Balaban J connectivity index is 1.60. The summed E-state index contributed by atoms with van der Waals surface area (Å²) in [4.78, 5) is 24.8. The lowest BCUT2D eigenvalue weighted by Gasteiger charge is -2.14. The molecule has 156 valence electrons. The summed E-state index contributed by atoms with van der Waals surface area (Å²) >= 11 is 7.32. The van der Waals surface area contributed by atoms with E-state index >= 15 is 0 Å². The maximum Gasteiger partial charge on any atom is 0.252 e. The fourth-order valence-corrected chi connectivity index (χ4v) is 3.78. The highest BCUT2D eigenvalue weighted by molar-refractivity contribution is 7.99. The number of para-hydroxylation sites is 1. The van der Waals surface area contributed by atoms with E-state index in [0.29, 0.717) is 27.3 Å². The normalized spacial score (nSPS) is 11.7. The van der Waals surface area contributed by atoms with Crippen LogP contribution in [0.3, 0.4) is 0 Å². The molecule has 0 saturated heterocycles. The Morgan fingerprint density at radius 2 is 1.83 bits per heavy atom. The molecule has 1 aromatic heterocycles. The van der Waals surface area contributed by atoms with Gasteiger partial charge in [-0.15, -0.1) is 10.2 Å². The van der Waals surface area contributed by atoms with Crippen molar-refractivity contribution < 1.29 is 9.59 Å². The first-order valence-corrected chi connectivity index (χ1v) is 10.7. The summed E-state index contributed by atoms with van der Waals surface area (Å²) in [6.07, 6.45) is 0. The van der Waals surface area contributed by atoms with Gasteiger partial charge in [0.1, 0.15) is 0 Å². The minimum Gasteiger partial charge on any atom is -0.342 e. The van der Waals surface area contributed by atoms with Crippen molar-refractivity contribution in [2.24, 2.45) is 7.05 Å². The molecule has 1 atom stereocenters. The van der Waals surface area contributed by atoms with E-state index in [1.54, 1.807) is 41.9 Å². The van der Waals surface area contributed by atoms with Crippen LogP contribution in [0.4, 0.5) is 5.69 Å². The molecule has 2 amide bonds. The van der Waals surface area contributed by atoms with Crippen molar-refractivity contribution in [2.45, 2.75) is 25.0 Å². The average Bonchev–Trinajstić information content (AvgIpc) is 3.09. The Bertz CT molecular complexity index is 1070. The molecule has 0 spiro atoms. The number of carbonyl (C=O) groups excluding carboxylic acids is 2. The third kappa shape index (κ3) is 5.20. The highest BCUT2D eigenvalue weighted by atomic mass is 35.5. The van der Waals surface area contributed by atoms with Gasteiger partial charge in [-0.1, -0.05) is 53.7 Å². The van der Waals surface area contributed by atoms with Gasteiger partial charge in [-0.05, 0) is 37.6 Å². The van der Waals surface area contributed by atoms with Crippen LogP contribution in [0.2, 0.25) is 5.02 Å². The van der Waals surface area contributed by atoms with Gasteiger partial charge in [0.25, 0.3) is 5.91 Å². The van der Waals surface area contributed by atoms with Crippen molar-refractivity contribution in [2.75, 3.05) is 11.1 Å². The fraction of sp³-hybridized carbons (Fsp3) is 0.238. The molecular weight excluding hydrogens is 422 g/mol. The van der Waals surface area contributed by atoms with Crippen LogP contribution in [0, 0.1) is 6.92 Å². The largest absolute Gasteiger partial charge is 0.342 e. The molecule has 0 aliphatic rings. The zero-order chi connectivity index (χ0) is 21.7. The van der Waals surface area contributed by atoms with Crippen LogP contribution in [0.5, 0.6) is 0 Å². The standard InChI is InChI=1S/C21H22ClN5O2S/c1-13-8-4-5-9-15(13)20(29)23-14(2)19-25-26-21(27(19)3)30-12-18(28)24-17-11-7-6-10-16(17)22/h4-11,14H,12H2,1-3H3,(H,23,29)(H,24,28)/t14-/m0/s1. The molecule has 2 N–H and O–H groups in total. The summed E-state index contributed by atoms with van der Waals surface area (Å²) < 4.78 is 1.77. The van der Waals surface area contributed by atoms with Crippen molar-refractivity contribution in [1.29, 1.82) is 0 Å². The zero-order valence-electron chi connectivity index (χ0n) is 16.8. The van der Waals surface area contributed by atoms with Crippen LogP contribution < -0.4 is 10.6 Å². The summed E-state index contributed by atoms with van der Waals surface area (Å²) in [5.41, 5.74) is 2.09. The molecule has 3 aromatic rings. The first-order valence-electron chi connectivity index (χ1n) is 9.29. The lowest BCUT2D eigenvalue weighted by atomic mass is 10.1. The zero-order valence-corrected chi connectivity index (χ0v) is 18.4. The number of amides is 2.